The van der Waals surface area contributed by atoms with Gasteiger partial charge in [-0.1, -0.05) is 23.7 Å². The molecule has 0 saturated carbocycles. The molecule has 0 saturated heterocycles. The number of amides is 1. The Kier molecular flexibility index (Phi) is 8.32. The van der Waals surface area contributed by atoms with Gasteiger partial charge in [0.05, 0.1) is 13.2 Å². The number of hydrogen-bond donors (Lipinski definition) is 2. The maximum Gasteiger partial charge on any atom is 0.239 e. The quantitative estimate of drug-likeness (QED) is 0.447. The van der Waals surface area contributed by atoms with E-state index in [1.54, 1.807) is 14.2 Å². The van der Waals surface area contributed by atoms with Gasteiger partial charge in [-0.25, -0.2) is 0 Å². The average Bonchev–Trinajstić information content (AvgIpc) is 2.48. The molecular formula is C15H23ClN4O2. The Labute approximate surface area is 136 Å². The molecule has 0 aromatic heterocycles. The molecule has 0 unspecified atom stereocenters. The van der Waals surface area contributed by atoms with Crippen molar-refractivity contribution in [2.75, 3.05) is 40.9 Å². The molecule has 22 heavy (non-hydrogen) atoms. The Morgan fingerprint density at radius 1 is 1.41 bits per heavy atom. The third-order valence-corrected chi connectivity index (χ3v) is 3.15. The molecule has 7 heteroatoms. The maximum atomic E-state index is 11.6. The summed E-state index contributed by atoms with van der Waals surface area (Å²) in [5.74, 6) is 0.538. The van der Waals surface area contributed by atoms with Crippen molar-refractivity contribution in [3.63, 3.8) is 0 Å². The summed E-state index contributed by atoms with van der Waals surface area (Å²) in [6.07, 6.45) is 0. The van der Waals surface area contributed by atoms with E-state index < -0.39 is 0 Å². The largest absolute Gasteiger partial charge is 0.383 e. The van der Waals surface area contributed by atoms with Crippen LogP contribution in [-0.4, -0.2) is 57.7 Å². The van der Waals surface area contributed by atoms with Crippen molar-refractivity contribution in [1.82, 2.24) is 15.5 Å². The molecular weight excluding hydrogens is 304 g/mol. The number of carbonyl (C=O) groups is 1. The summed E-state index contributed by atoms with van der Waals surface area (Å²) >= 11 is 5.98. The number of halogens is 1. The minimum absolute atomic E-state index is 0.102. The number of aliphatic imine (C=N–C) groups is 1. The molecule has 0 radical (unpaired) electrons. The Morgan fingerprint density at radius 2 is 2.18 bits per heavy atom. The van der Waals surface area contributed by atoms with Crippen molar-refractivity contribution < 1.29 is 9.53 Å². The molecule has 0 atom stereocenters. The zero-order valence-electron chi connectivity index (χ0n) is 13.2. The molecule has 1 rings (SSSR count). The van der Waals surface area contributed by atoms with E-state index in [1.807, 2.05) is 36.2 Å². The van der Waals surface area contributed by atoms with Gasteiger partial charge in [-0.3, -0.25) is 9.79 Å². The molecule has 6 nitrogen and oxygen atoms in total. The Hall–Kier alpha value is -1.79. The monoisotopic (exact) mass is 326 g/mol. The second kappa shape index (κ2) is 10.0. The molecule has 0 bridgehead atoms. The fourth-order valence-corrected chi connectivity index (χ4v) is 2.10. The van der Waals surface area contributed by atoms with Crippen LogP contribution >= 0.6 is 11.6 Å². The zero-order chi connectivity index (χ0) is 16.4. The van der Waals surface area contributed by atoms with Crippen LogP contribution in [0, 0.1) is 0 Å². The summed E-state index contributed by atoms with van der Waals surface area (Å²) in [7, 11) is 5.18. The van der Waals surface area contributed by atoms with Crippen LogP contribution in [0.2, 0.25) is 5.02 Å². The number of methoxy groups -OCH3 is 1. The number of benzene rings is 1. The van der Waals surface area contributed by atoms with Gasteiger partial charge >= 0.3 is 0 Å². The molecule has 0 aliphatic heterocycles. The van der Waals surface area contributed by atoms with Gasteiger partial charge in [0.15, 0.2) is 5.96 Å². The molecule has 1 aromatic rings. The van der Waals surface area contributed by atoms with E-state index in [0.29, 0.717) is 30.7 Å². The summed E-state index contributed by atoms with van der Waals surface area (Å²) in [5, 5.41) is 6.46. The molecule has 0 aliphatic rings. The predicted octanol–water partition coefficient (Wildman–Crippen LogP) is 1.11. The topological polar surface area (TPSA) is 66.0 Å². The van der Waals surface area contributed by atoms with Gasteiger partial charge in [0, 0.05) is 39.3 Å². The molecule has 1 aromatic carbocycles. The Morgan fingerprint density at radius 3 is 2.82 bits per heavy atom. The predicted molar refractivity (Wildman–Crippen MR) is 89.2 cm³/mol. The van der Waals surface area contributed by atoms with E-state index in [2.05, 4.69) is 15.6 Å². The third-order valence-electron chi connectivity index (χ3n) is 2.92. The number of guanidine groups is 1. The van der Waals surface area contributed by atoms with Crippen molar-refractivity contribution in [1.29, 1.82) is 0 Å². The highest BCUT2D eigenvalue weighted by Gasteiger charge is 2.08. The summed E-state index contributed by atoms with van der Waals surface area (Å²) in [4.78, 5) is 17.7. The van der Waals surface area contributed by atoms with Crippen molar-refractivity contribution in [3.05, 3.63) is 34.9 Å². The second-order valence-electron chi connectivity index (χ2n) is 4.73. The minimum atomic E-state index is -0.102. The molecule has 0 fully saturated rings. The first-order valence-electron chi connectivity index (χ1n) is 6.98. The summed E-state index contributed by atoms with van der Waals surface area (Å²) in [6, 6.07) is 7.64. The van der Waals surface area contributed by atoms with Crippen LogP contribution in [-0.2, 0) is 16.1 Å². The van der Waals surface area contributed by atoms with Crippen LogP contribution in [0.3, 0.4) is 0 Å². The fourth-order valence-electron chi connectivity index (χ4n) is 1.88. The van der Waals surface area contributed by atoms with Crippen LogP contribution in [0.25, 0.3) is 0 Å². The highest BCUT2D eigenvalue weighted by molar-refractivity contribution is 6.30. The number of nitrogens with one attached hydrogen (secondary N) is 2. The molecule has 0 aliphatic carbocycles. The maximum absolute atomic E-state index is 11.6. The van der Waals surface area contributed by atoms with Crippen LogP contribution in [0.4, 0.5) is 0 Å². The SMILES string of the molecule is CN=C(NCC(=O)NCCOC)N(C)Cc1cccc(Cl)c1. The highest BCUT2D eigenvalue weighted by atomic mass is 35.5. The third kappa shape index (κ3) is 6.78. The van der Waals surface area contributed by atoms with E-state index in [-0.39, 0.29) is 12.5 Å². The van der Waals surface area contributed by atoms with Crippen molar-refractivity contribution in [2.45, 2.75) is 6.54 Å². The lowest BCUT2D eigenvalue weighted by atomic mass is 10.2. The van der Waals surface area contributed by atoms with Gasteiger partial charge < -0.3 is 20.3 Å². The van der Waals surface area contributed by atoms with E-state index in [4.69, 9.17) is 16.3 Å². The first-order chi connectivity index (χ1) is 10.6. The number of hydrogen-bond acceptors (Lipinski definition) is 3. The van der Waals surface area contributed by atoms with E-state index in [0.717, 1.165) is 5.56 Å². The first kappa shape index (κ1) is 18.3. The number of carbonyl (C=O) groups excluding carboxylic acids is 1. The van der Waals surface area contributed by atoms with Gasteiger partial charge in [-0.05, 0) is 17.7 Å². The fraction of sp³-hybridized carbons (Fsp3) is 0.467. The van der Waals surface area contributed by atoms with E-state index >= 15 is 0 Å². The average molecular weight is 327 g/mol. The van der Waals surface area contributed by atoms with Gasteiger partial charge in [0.25, 0.3) is 0 Å². The van der Waals surface area contributed by atoms with Crippen molar-refractivity contribution in [3.8, 4) is 0 Å². The minimum Gasteiger partial charge on any atom is -0.383 e. The molecule has 122 valence electrons. The van der Waals surface area contributed by atoms with Crippen LogP contribution in [0.5, 0.6) is 0 Å². The van der Waals surface area contributed by atoms with Gasteiger partial charge in [-0.15, -0.1) is 0 Å². The lowest BCUT2D eigenvalue weighted by molar-refractivity contribution is -0.120. The molecule has 0 spiro atoms. The smallest absolute Gasteiger partial charge is 0.239 e. The lowest BCUT2D eigenvalue weighted by Crippen LogP contribution is -2.44. The molecule has 2 N–H and O–H groups in total. The normalized spacial score (nSPS) is 11.2. The van der Waals surface area contributed by atoms with Gasteiger partial charge in [0.2, 0.25) is 5.91 Å². The summed E-state index contributed by atoms with van der Waals surface area (Å²) in [5.41, 5.74) is 1.07. The van der Waals surface area contributed by atoms with Crippen molar-refractivity contribution in [2.24, 2.45) is 4.99 Å². The summed E-state index contributed by atoms with van der Waals surface area (Å²) in [6.45, 7) is 1.80. The number of nitrogens with zero attached hydrogens (tertiary/aromatic N) is 2. The first-order valence-corrected chi connectivity index (χ1v) is 7.36. The molecule has 1 amide bonds. The summed E-state index contributed by atoms with van der Waals surface area (Å²) < 4.78 is 4.88. The lowest BCUT2D eigenvalue weighted by Gasteiger charge is -2.22. The van der Waals surface area contributed by atoms with Crippen LogP contribution in [0.1, 0.15) is 5.56 Å². The standard InChI is InChI=1S/C15H23ClN4O2/c1-17-15(19-10-14(21)18-7-8-22-3)20(2)11-12-5-4-6-13(16)9-12/h4-6,9H,7-8,10-11H2,1-3H3,(H,17,19)(H,18,21). The van der Waals surface area contributed by atoms with Crippen LogP contribution in [0.15, 0.2) is 29.3 Å². The number of ether oxygens (including phenoxy) is 1. The zero-order valence-corrected chi connectivity index (χ0v) is 14.0. The van der Waals surface area contributed by atoms with Gasteiger partial charge in [-0.2, -0.15) is 0 Å². The van der Waals surface area contributed by atoms with Crippen LogP contribution < -0.4 is 10.6 Å². The highest BCUT2D eigenvalue weighted by Crippen LogP contribution is 2.12. The van der Waals surface area contributed by atoms with E-state index in [1.165, 1.54) is 0 Å². The van der Waals surface area contributed by atoms with Gasteiger partial charge in [0.1, 0.15) is 0 Å². The molecule has 0 heterocycles. The number of rotatable bonds is 7. The van der Waals surface area contributed by atoms with E-state index in [9.17, 15) is 4.79 Å². The Bertz CT molecular complexity index is 508. The second-order valence-corrected chi connectivity index (χ2v) is 5.17. The Balaban J connectivity index is 2.45. The van der Waals surface area contributed by atoms with Crippen molar-refractivity contribution >= 4 is 23.5 Å².